The molecule has 2 fully saturated rings. The average molecular weight is 426 g/mol. The summed E-state index contributed by atoms with van der Waals surface area (Å²) in [4.78, 5) is 26.0. The van der Waals surface area contributed by atoms with Crippen LogP contribution in [0.1, 0.15) is 32.1 Å². The standard InChI is InChI=1S/C24H27N3O2.ClH/c25-17-12-15-6-5-7-16(13-17)23(15)26-22(28)14-27-20-10-3-1-8-18(20)24(29)19-9-2-4-11-21(19)27;/h1-4,8-11,15-17,23H,5-7,12-14,25H2,(H,26,28);1H. The Kier molecular flexibility index (Phi) is 5.85. The number of hydrogen-bond donors (Lipinski definition) is 2. The molecular weight excluding hydrogens is 398 g/mol. The minimum Gasteiger partial charge on any atom is -0.351 e. The second-order valence-corrected chi connectivity index (χ2v) is 8.73. The quantitative estimate of drug-likeness (QED) is 0.629. The van der Waals surface area contributed by atoms with Crippen LogP contribution in [0.15, 0.2) is 53.3 Å². The number of aromatic nitrogens is 1. The van der Waals surface area contributed by atoms with Crippen molar-refractivity contribution in [2.45, 2.75) is 50.7 Å². The first-order valence-electron chi connectivity index (χ1n) is 10.7. The Morgan fingerprint density at radius 3 is 2.07 bits per heavy atom. The lowest BCUT2D eigenvalue weighted by Crippen LogP contribution is -2.54. The Morgan fingerprint density at radius 2 is 1.50 bits per heavy atom. The zero-order chi connectivity index (χ0) is 20.0. The van der Waals surface area contributed by atoms with Crippen LogP contribution in [-0.4, -0.2) is 22.6 Å². The third-order valence-electron chi connectivity index (χ3n) is 6.88. The van der Waals surface area contributed by atoms with Gasteiger partial charge >= 0.3 is 0 Å². The number of para-hydroxylation sites is 2. The van der Waals surface area contributed by atoms with Crippen molar-refractivity contribution < 1.29 is 4.79 Å². The molecule has 2 unspecified atom stereocenters. The maximum atomic E-state index is 13.1. The molecule has 0 spiro atoms. The summed E-state index contributed by atoms with van der Waals surface area (Å²) in [6, 6.07) is 15.6. The minimum atomic E-state index is 0. The summed E-state index contributed by atoms with van der Waals surface area (Å²) in [7, 11) is 0. The Bertz CT molecular complexity index is 1070. The van der Waals surface area contributed by atoms with Crippen molar-refractivity contribution in [3.05, 3.63) is 58.8 Å². The van der Waals surface area contributed by atoms with E-state index in [1.165, 1.54) is 6.42 Å². The molecular formula is C24H28ClN3O2. The predicted molar refractivity (Wildman–Crippen MR) is 123 cm³/mol. The number of amides is 1. The number of fused-ring (bicyclic) bond motifs is 4. The molecule has 2 atom stereocenters. The van der Waals surface area contributed by atoms with Crippen LogP contribution in [-0.2, 0) is 11.3 Å². The molecule has 0 aliphatic heterocycles. The van der Waals surface area contributed by atoms with E-state index in [-0.39, 0.29) is 42.4 Å². The molecule has 3 N–H and O–H groups in total. The summed E-state index contributed by atoms with van der Waals surface area (Å²) in [5, 5.41) is 4.65. The Labute approximate surface area is 182 Å². The van der Waals surface area contributed by atoms with Crippen molar-refractivity contribution in [2.24, 2.45) is 17.6 Å². The number of nitrogens with zero attached hydrogens (tertiary/aromatic N) is 1. The molecule has 30 heavy (non-hydrogen) atoms. The number of nitrogens with two attached hydrogens (primary N) is 1. The van der Waals surface area contributed by atoms with Crippen molar-refractivity contribution in [2.75, 3.05) is 0 Å². The van der Waals surface area contributed by atoms with Crippen LogP contribution in [0.4, 0.5) is 0 Å². The van der Waals surface area contributed by atoms with Crippen LogP contribution in [0.3, 0.4) is 0 Å². The van der Waals surface area contributed by atoms with Crippen molar-refractivity contribution in [1.29, 1.82) is 0 Å². The van der Waals surface area contributed by atoms with Crippen molar-refractivity contribution in [1.82, 2.24) is 9.88 Å². The zero-order valence-electron chi connectivity index (χ0n) is 16.9. The lowest BCUT2D eigenvalue weighted by Gasteiger charge is -2.45. The molecule has 2 aliphatic rings. The first kappa shape index (κ1) is 20.9. The molecule has 1 aromatic heterocycles. The van der Waals surface area contributed by atoms with Crippen LogP contribution >= 0.6 is 12.4 Å². The van der Waals surface area contributed by atoms with Gasteiger partial charge in [0.05, 0.1) is 11.0 Å². The number of halogens is 1. The molecule has 2 aromatic carbocycles. The monoisotopic (exact) mass is 425 g/mol. The SMILES string of the molecule is Cl.NC1CC2CCCC(C1)C2NC(=O)Cn1c2ccccc2c(=O)c2ccccc21. The highest BCUT2D eigenvalue weighted by molar-refractivity contribution is 5.94. The number of nitrogens with one attached hydrogen (secondary N) is 1. The summed E-state index contributed by atoms with van der Waals surface area (Å²) >= 11 is 0. The Hall–Kier alpha value is -2.37. The summed E-state index contributed by atoms with van der Waals surface area (Å²) in [6.45, 7) is 0.212. The fraction of sp³-hybridized carbons (Fsp3) is 0.417. The Balaban J connectivity index is 0.00000218. The fourth-order valence-electron chi connectivity index (χ4n) is 5.65. The average Bonchev–Trinajstić information content (AvgIpc) is 2.72. The van der Waals surface area contributed by atoms with Crippen LogP contribution < -0.4 is 16.5 Å². The van der Waals surface area contributed by atoms with Crippen LogP contribution in [0.5, 0.6) is 0 Å². The van der Waals surface area contributed by atoms with E-state index in [9.17, 15) is 9.59 Å². The van der Waals surface area contributed by atoms with Gasteiger partial charge in [-0.2, -0.15) is 0 Å². The van der Waals surface area contributed by atoms with Gasteiger partial charge in [-0.15, -0.1) is 12.4 Å². The van der Waals surface area contributed by atoms with E-state index >= 15 is 0 Å². The summed E-state index contributed by atoms with van der Waals surface area (Å²) in [5.41, 5.74) is 7.86. The van der Waals surface area contributed by atoms with Gasteiger partial charge < -0.3 is 15.6 Å². The number of carbonyl (C=O) groups excluding carboxylic acids is 1. The first-order valence-corrected chi connectivity index (χ1v) is 10.7. The highest BCUT2D eigenvalue weighted by atomic mass is 35.5. The highest BCUT2D eigenvalue weighted by Gasteiger charge is 2.39. The van der Waals surface area contributed by atoms with Gasteiger partial charge in [0.1, 0.15) is 6.54 Å². The summed E-state index contributed by atoms with van der Waals surface area (Å²) in [5.74, 6) is 0.995. The summed E-state index contributed by atoms with van der Waals surface area (Å²) in [6.07, 6.45) is 5.55. The van der Waals surface area contributed by atoms with Gasteiger partial charge in [-0.25, -0.2) is 0 Å². The smallest absolute Gasteiger partial charge is 0.240 e. The molecule has 0 saturated heterocycles. The predicted octanol–water partition coefficient (Wildman–Crippen LogP) is 3.60. The Morgan fingerprint density at radius 1 is 0.967 bits per heavy atom. The minimum absolute atomic E-state index is 0. The molecule has 3 aromatic rings. The molecule has 6 heteroatoms. The van der Waals surface area contributed by atoms with Crippen molar-refractivity contribution in [3.63, 3.8) is 0 Å². The van der Waals surface area contributed by atoms with Gasteiger partial charge in [0.25, 0.3) is 0 Å². The van der Waals surface area contributed by atoms with Gasteiger partial charge in [0.2, 0.25) is 5.91 Å². The number of rotatable bonds is 3. The van der Waals surface area contributed by atoms with Crippen LogP contribution in [0.2, 0.25) is 0 Å². The maximum Gasteiger partial charge on any atom is 0.240 e. The third kappa shape index (κ3) is 3.61. The number of carbonyl (C=O) groups is 1. The first-order chi connectivity index (χ1) is 14.1. The van der Waals surface area contributed by atoms with Crippen molar-refractivity contribution in [3.8, 4) is 0 Å². The van der Waals surface area contributed by atoms with E-state index in [0.717, 1.165) is 36.7 Å². The van der Waals surface area contributed by atoms with Gasteiger partial charge in [-0.3, -0.25) is 9.59 Å². The maximum absolute atomic E-state index is 13.1. The lowest BCUT2D eigenvalue weighted by molar-refractivity contribution is -0.123. The molecule has 5 rings (SSSR count). The number of benzene rings is 2. The molecule has 5 nitrogen and oxygen atoms in total. The molecule has 158 valence electrons. The van der Waals surface area contributed by atoms with Gasteiger partial charge in [0, 0.05) is 22.9 Å². The molecule has 2 saturated carbocycles. The van der Waals surface area contributed by atoms with E-state index < -0.39 is 0 Å². The normalized spacial score (nSPS) is 25.6. The molecule has 1 heterocycles. The molecule has 2 bridgehead atoms. The highest BCUT2D eigenvalue weighted by Crippen LogP contribution is 2.39. The molecule has 2 aliphatic carbocycles. The number of hydrogen-bond acceptors (Lipinski definition) is 3. The second kappa shape index (κ2) is 8.40. The number of pyridine rings is 1. The van der Waals surface area contributed by atoms with Gasteiger partial charge in [0.15, 0.2) is 5.43 Å². The summed E-state index contributed by atoms with van der Waals surface area (Å²) < 4.78 is 1.98. The van der Waals surface area contributed by atoms with Gasteiger partial charge in [-0.1, -0.05) is 30.7 Å². The lowest BCUT2D eigenvalue weighted by atomic mass is 9.67. The third-order valence-corrected chi connectivity index (χ3v) is 6.88. The van der Waals surface area contributed by atoms with E-state index in [1.807, 2.05) is 53.1 Å². The topological polar surface area (TPSA) is 77.1 Å². The second-order valence-electron chi connectivity index (χ2n) is 8.73. The largest absolute Gasteiger partial charge is 0.351 e. The van der Waals surface area contributed by atoms with Crippen LogP contribution in [0.25, 0.3) is 21.8 Å². The van der Waals surface area contributed by atoms with E-state index in [2.05, 4.69) is 5.32 Å². The molecule has 0 radical (unpaired) electrons. The molecule has 1 amide bonds. The van der Waals surface area contributed by atoms with E-state index in [0.29, 0.717) is 22.6 Å². The van der Waals surface area contributed by atoms with Gasteiger partial charge in [-0.05, 0) is 61.8 Å². The van der Waals surface area contributed by atoms with Crippen LogP contribution in [0, 0.1) is 11.8 Å². The van der Waals surface area contributed by atoms with E-state index in [4.69, 9.17) is 5.73 Å². The van der Waals surface area contributed by atoms with Crippen molar-refractivity contribution >= 4 is 40.1 Å². The fourth-order valence-corrected chi connectivity index (χ4v) is 5.65. The van der Waals surface area contributed by atoms with E-state index in [1.54, 1.807) is 0 Å². The zero-order valence-corrected chi connectivity index (χ0v) is 17.7.